The summed E-state index contributed by atoms with van der Waals surface area (Å²) in [6, 6.07) is 4.21. The van der Waals surface area contributed by atoms with Crippen molar-refractivity contribution < 1.29 is 12.8 Å². The number of aromatic nitrogens is 2. The Hall–Kier alpha value is -1.93. The van der Waals surface area contributed by atoms with Crippen molar-refractivity contribution in [3.63, 3.8) is 0 Å². The smallest absolute Gasteiger partial charge is 0.279 e. The minimum Gasteiger partial charge on any atom is -0.316 e. The number of aromatic amines is 1. The fourth-order valence-electron chi connectivity index (χ4n) is 1.76. The predicted molar refractivity (Wildman–Crippen MR) is 73.3 cm³/mol. The van der Waals surface area contributed by atoms with E-state index in [1.165, 1.54) is 18.3 Å². The number of H-pyrrole nitrogens is 1. The molecule has 0 amide bonds. The molecule has 0 aliphatic carbocycles. The second-order valence-electron chi connectivity index (χ2n) is 4.34. The highest BCUT2D eigenvalue weighted by molar-refractivity contribution is 7.92. The van der Waals surface area contributed by atoms with Crippen molar-refractivity contribution in [3.8, 4) is 0 Å². The van der Waals surface area contributed by atoms with E-state index in [0.29, 0.717) is 12.1 Å². The minimum atomic E-state index is -3.91. The number of rotatable bonds is 5. The Kier molecular flexibility index (Phi) is 4.05. The van der Waals surface area contributed by atoms with Gasteiger partial charge in [0.1, 0.15) is 5.82 Å². The van der Waals surface area contributed by atoms with Crippen LogP contribution in [0.25, 0.3) is 0 Å². The van der Waals surface area contributed by atoms with Gasteiger partial charge in [0, 0.05) is 12.1 Å². The molecule has 0 unspecified atom stereocenters. The van der Waals surface area contributed by atoms with E-state index in [1.54, 1.807) is 20.0 Å². The average molecular weight is 298 g/mol. The van der Waals surface area contributed by atoms with E-state index in [0.717, 1.165) is 5.56 Å². The topological polar surface area (TPSA) is 86.9 Å². The van der Waals surface area contributed by atoms with Crippen LogP contribution in [0.15, 0.2) is 29.4 Å². The lowest BCUT2D eigenvalue weighted by atomic mass is 10.2. The van der Waals surface area contributed by atoms with Gasteiger partial charge in [0.05, 0.1) is 11.9 Å². The molecule has 3 N–H and O–H groups in total. The Labute approximate surface area is 116 Å². The molecule has 6 nitrogen and oxygen atoms in total. The third-order valence-corrected chi connectivity index (χ3v) is 4.06. The lowest BCUT2D eigenvalue weighted by Crippen LogP contribution is -2.17. The second kappa shape index (κ2) is 5.59. The van der Waals surface area contributed by atoms with Gasteiger partial charge in [0.2, 0.25) is 0 Å². The van der Waals surface area contributed by atoms with Crippen LogP contribution in [0.2, 0.25) is 0 Å². The second-order valence-corrected chi connectivity index (χ2v) is 5.96. The summed E-state index contributed by atoms with van der Waals surface area (Å²) in [7, 11) is -2.22. The van der Waals surface area contributed by atoms with Crippen LogP contribution in [0.3, 0.4) is 0 Å². The summed E-state index contributed by atoms with van der Waals surface area (Å²) in [4.78, 5) is 0. The van der Waals surface area contributed by atoms with E-state index in [9.17, 15) is 12.8 Å². The molecule has 8 heteroatoms. The summed E-state index contributed by atoms with van der Waals surface area (Å²) in [6.07, 6.45) is 1.41. The van der Waals surface area contributed by atoms with Crippen molar-refractivity contribution in [2.45, 2.75) is 18.5 Å². The molecule has 0 atom stereocenters. The van der Waals surface area contributed by atoms with Crippen LogP contribution in [-0.2, 0) is 16.6 Å². The maximum absolute atomic E-state index is 13.6. The van der Waals surface area contributed by atoms with Crippen LogP contribution in [0.4, 0.5) is 10.1 Å². The Morgan fingerprint density at radius 2 is 2.15 bits per heavy atom. The van der Waals surface area contributed by atoms with E-state index in [1.807, 2.05) is 0 Å². The molecule has 0 bridgehead atoms. The monoisotopic (exact) mass is 298 g/mol. The average Bonchev–Trinajstić information content (AvgIpc) is 2.83. The molecular formula is C12H15FN4O2S. The van der Waals surface area contributed by atoms with Crippen molar-refractivity contribution in [2.24, 2.45) is 0 Å². The lowest BCUT2D eigenvalue weighted by Gasteiger charge is -2.09. The quantitative estimate of drug-likeness (QED) is 0.778. The Morgan fingerprint density at radius 3 is 2.85 bits per heavy atom. The van der Waals surface area contributed by atoms with E-state index in [4.69, 9.17) is 0 Å². The molecule has 0 aliphatic heterocycles. The van der Waals surface area contributed by atoms with Crippen LogP contribution >= 0.6 is 0 Å². The van der Waals surface area contributed by atoms with E-state index in [2.05, 4.69) is 20.2 Å². The lowest BCUT2D eigenvalue weighted by molar-refractivity contribution is 0.592. The summed E-state index contributed by atoms with van der Waals surface area (Å²) in [5.41, 5.74) is 1.15. The molecule has 2 rings (SSSR count). The Morgan fingerprint density at radius 1 is 1.40 bits per heavy atom. The number of benzene rings is 1. The van der Waals surface area contributed by atoms with Crippen molar-refractivity contribution in [2.75, 3.05) is 11.8 Å². The van der Waals surface area contributed by atoms with E-state index < -0.39 is 15.8 Å². The Balaban J connectivity index is 2.36. The molecule has 1 aromatic heterocycles. The maximum atomic E-state index is 13.6. The SMILES string of the molecule is CNCc1cn[nH]c1S(=O)(=O)Nc1cc(C)ccc1F. The number of anilines is 1. The van der Waals surface area contributed by atoms with Gasteiger partial charge in [-0.25, -0.2) is 4.39 Å². The Bertz CT molecular complexity index is 712. The molecule has 20 heavy (non-hydrogen) atoms. The standard InChI is InChI=1S/C12H15FN4O2S/c1-8-3-4-10(13)11(5-8)17-20(18,19)12-9(6-14-2)7-15-16-12/h3-5,7,14,17H,6H2,1-2H3,(H,15,16). The number of aryl methyl sites for hydroxylation is 1. The van der Waals surface area contributed by atoms with Gasteiger partial charge in [-0.1, -0.05) is 6.07 Å². The third kappa shape index (κ3) is 2.97. The maximum Gasteiger partial charge on any atom is 0.279 e. The number of nitrogens with zero attached hydrogens (tertiary/aromatic N) is 1. The third-order valence-electron chi connectivity index (χ3n) is 2.68. The fraction of sp³-hybridized carbons (Fsp3) is 0.250. The van der Waals surface area contributed by atoms with Gasteiger partial charge in [-0.05, 0) is 31.7 Å². The predicted octanol–water partition coefficient (Wildman–Crippen LogP) is 1.38. The summed E-state index contributed by atoms with van der Waals surface area (Å²) in [5, 5.41) is 8.90. The molecule has 0 saturated heterocycles. The van der Waals surface area contributed by atoms with Crippen molar-refractivity contribution in [3.05, 3.63) is 41.3 Å². The number of hydrogen-bond donors (Lipinski definition) is 3. The summed E-state index contributed by atoms with van der Waals surface area (Å²) in [5.74, 6) is -0.631. The molecule has 108 valence electrons. The zero-order chi connectivity index (χ0) is 14.8. The molecule has 0 aliphatic rings. The first kappa shape index (κ1) is 14.5. The van der Waals surface area contributed by atoms with Crippen LogP contribution in [0.1, 0.15) is 11.1 Å². The number of nitrogens with one attached hydrogen (secondary N) is 3. The molecule has 1 aromatic carbocycles. The molecule has 0 fully saturated rings. The molecule has 2 aromatic rings. The van der Waals surface area contributed by atoms with E-state index in [-0.39, 0.29) is 10.7 Å². The minimum absolute atomic E-state index is 0.0762. The largest absolute Gasteiger partial charge is 0.316 e. The number of sulfonamides is 1. The summed E-state index contributed by atoms with van der Waals surface area (Å²) >= 11 is 0. The molecular weight excluding hydrogens is 283 g/mol. The van der Waals surface area contributed by atoms with E-state index >= 15 is 0 Å². The highest BCUT2D eigenvalue weighted by atomic mass is 32.2. The highest BCUT2D eigenvalue weighted by Crippen LogP contribution is 2.21. The number of hydrogen-bond acceptors (Lipinski definition) is 4. The van der Waals surface area contributed by atoms with Gasteiger partial charge in [0.25, 0.3) is 10.0 Å². The van der Waals surface area contributed by atoms with Gasteiger partial charge in [-0.2, -0.15) is 13.5 Å². The van der Waals surface area contributed by atoms with Gasteiger partial charge < -0.3 is 5.32 Å². The van der Waals surface area contributed by atoms with Gasteiger partial charge >= 0.3 is 0 Å². The van der Waals surface area contributed by atoms with Crippen molar-refractivity contribution in [1.82, 2.24) is 15.5 Å². The van der Waals surface area contributed by atoms with Crippen LogP contribution in [-0.4, -0.2) is 25.7 Å². The first-order valence-electron chi connectivity index (χ1n) is 5.90. The zero-order valence-corrected chi connectivity index (χ0v) is 11.9. The van der Waals surface area contributed by atoms with Gasteiger partial charge in [-0.15, -0.1) is 0 Å². The molecule has 0 saturated carbocycles. The first-order valence-corrected chi connectivity index (χ1v) is 7.38. The number of halogens is 1. The fourth-order valence-corrected chi connectivity index (χ4v) is 2.95. The van der Waals surface area contributed by atoms with Crippen LogP contribution in [0.5, 0.6) is 0 Å². The van der Waals surface area contributed by atoms with Gasteiger partial charge in [0.15, 0.2) is 5.03 Å². The zero-order valence-electron chi connectivity index (χ0n) is 11.1. The normalized spacial score (nSPS) is 11.6. The molecule has 1 heterocycles. The van der Waals surface area contributed by atoms with Crippen molar-refractivity contribution in [1.29, 1.82) is 0 Å². The highest BCUT2D eigenvalue weighted by Gasteiger charge is 2.21. The van der Waals surface area contributed by atoms with Crippen LogP contribution in [0, 0.1) is 12.7 Å². The summed E-state index contributed by atoms with van der Waals surface area (Å²) < 4.78 is 40.3. The molecule has 0 radical (unpaired) electrons. The summed E-state index contributed by atoms with van der Waals surface area (Å²) in [6.45, 7) is 2.09. The first-order chi connectivity index (χ1) is 9.44. The van der Waals surface area contributed by atoms with Gasteiger partial charge in [-0.3, -0.25) is 9.82 Å². The van der Waals surface area contributed by atoms with Crippen LogP contribution < -0.4 is 10.0 Å². The molecule has 0 spiro atoms. The van der Waals surface area contributed by atoms with Crippen molar-refractivity contribution >= 4 is 15.7 Å².